The van der Waals surface area contributed by atoms with E-state index < -0.39 is 6.10 Å². The molecule has 0 saturated heterocycles. The number of ether oxygens (including phenoxy) is 1. The minimum Gasteiger partial charge on any atom is -0.389 e. The predicted molar refractivity (Wildman–Crippen MR) is 61.2 cm³/mol. The van der Waals surface area contributed by atoms with Gasteiger partial charge in [0.15, 0.2) is 0 Å². The van der Waals surface area contributed by atoms with Gasteiger partial charge in [0.05, 0.1) is 12.7 Å². The number of aliphatic hydroxyl groups is 1. The maximum atomic E-state index is 11.2. The topological polar surface area (TPSA) is 70.6 Å². The van der Waals surface area contributed by atoms with Crippen LogP contribution in [0.2, 0.25) is 0 Å². The van der Waals surface area contributed by atoms with E-state index in [2.05, 4.69) is 10.6 Å². The summed E-state index contributed by atoms with van der Waals surface area (Å²) in [6, 6.07) is 0.139. The van der Waals surface area contributed by atoms with Crippen molar-refractivity contribution in [3.8, 4) is 0 Å². The summed E-state index contributed by atoms with van der Waals surface area (Å²) >= 11 is 0. The van der Waals surface area contributed by atoms with E-state index in [0.29, 0.717) is 18.6 Å². The van der Waals surface area contributed by atoms with Gasteiger partial charge in [0.1, 0.15) is 0 Å². The van der Waals surface area contributed by atoms with Crippen LogP contribution in [0.4, 0.5) is 4.79 Å². The molecule has 1 aliphatic rings. The molecule has 3 N–H and O–H groups in total. The maximum absolute atomic E-state index is 11.2. The number of carbonyl (C=O) groups excluding carboxylic acids is 1. The number of hydrogen-bond acceptors (Lipinski definition) is 3. The molecule has 5 heteroatoms. The van der Waals surface area contributed by atoms with E-state index in [1.165, 1.54) is 0 Å². The lowest BCUT2D eigenvalue weighted by Gasteiger charge is -2.13. The summed E-state index contributed by atoms with van der Waals surface area (Å²) in [6.45, 7) is 5.23. The first kappa shape index (κ1) is 13.3. The Hall–Kier alpha value is -0.810. The molecule has 0 bridgehead atoms. The number of urea groups is 1. The lowest BCUT2D eigenvalue weighted by atomic mass is 10.2. The van der Waals surface area contributed by atoms with E-state index in [1.54, 1.807) is 0 Å². The number of nitrogens with one attached hydrogen (secondary N) is 2. The average Bonchev–Trinajstić information content (AvgIpc) is 2.98. The van der Waals surface area contributed by atoms with Crippen LogP contribution >= 0.6 is 0 Å². The highest BCUT2D eigenvalue weighted by Gasteiger charge is 2.23. The third kappa shape index (κ3) is 6.63. The SMILES string of the molecule is CC(C)COCC(O)CNC(=O)NC1CC1. The summed E-state index contributed by atoms with van der Waals surface area (Å²) in [5.74, 6) is 0.457. The van der Waals surface area contributed by atoms with Crippen LogP contribution in [0, 0.1) is 5.92 Å². The molecule has 0 spiro atoms. The highest BCUT2D eigenvalue weighted by atomic mass is 16.5. The van der Waals surface area contributed by atoms with Crippen molar-refractivity contribution in [2.45, 2.75) is 38.8 Å². The molecule has 0 heterocycles. The second kappa shape index (κ2) is 6.70. The first-order valence-electron chi connectivity index (χ1n) is 5.88. The third-order valence-corrected chi connectivity index (χ3v) is 2.17. The Morgan fingerprint density at radius 1 is 1.44 bits per heavy atom. The fraction of sp³-hybridized carbons (Fsp3) is 0.909. The van der Waals surface area contributed by atoms with E-state index in [-0.39, 0.29) is 19.2 Å². The summed E-state index contributed by atoms with van der Waals surface area (Å²) < 4.78 is 5.26. The molecule has 2 amide bonds. The highest BCUT2D eigenvalue weighted by molar-refractivity contribution is 5.74. The molecule has 1 saturated carbocycles. The Labute approximate surface area is 96.6 Å². The molecule has 1 aliphatic carbocycles. The van der Waals surface area contributed by atoms with E-state index in [9.17, 15) is 9.90 Å². The lowest BCUT2D eigenvalue weighted by molar-refractivity contribution is 0.0272. The second-order valence-electron chi connectivity index (χ2n) is 4.71. The van der Waals surface area contributed by atoms with Gasteiger partial charge in [-0.25, -0.2) is 4.79 Å². The smallest absolute Gasteiger partial charge is 0.315 e. The minimum absolute atomic E-state index is 0.203. The van der Waals surface area contributed by atoms with Crippen LogP contribution in [0.3, 0.4) is 0 Å². The summed E-state index contributed by atoms with van der Waals surface area (Å²) in [6.07, 6.45) is 1.49. The number of hydrogen-bond donors (Lipinski definition) is 3. The van der Waals surface area contributed by atoms with Crippen molar-refractivity contribution in [3.05, 3.63) is 0 Å². The number of aliphatic hydroxyl groups excluding tert-OH is 1. The Morgan fingerprint density at radius 2 is 2.12 bits per heavy atom. The highest BCUT2D eigenvalue weighted by Crippen LogP contribution is 2.18. The van der Waals surface area contributed by atoms with Crippen LogP contribution in [0.5, 0.6) is 0 Å². The minimum atomic E-state index is -0.635. The zero-order valence-corrected chi connectivity index (χ0v) is 10.0. The second-order valence-corrected chi connectivity index (χ2v) is 4.71. The van der Waals surface area contributed by atoms with E-state index in [0.717, 1.165) is 12.8 Å². The molecule has 1 atom stereocenters. The van der Waals surface area contributed by atoms with Gasteiger partial charge in [0.2, 0.25) is 0 Å². The summed E-state index contributed by atoms with van der Waals surface area (Å²) in [7, 11) is 0. The van der Waals surface area contributed by atoms with Crippen molar-refractivity contribution in [1.29, 1.82) is 0 Å². The zero-order chi connectivity index (χ0) is 12.0. The third-order valence-electron chi connectivity index (χ3n) is 2.17. The van der Waals surface area contributed by atoms with Gasteiger partial charge in [0.25, 0.3) is 0 Å². The number of rotatable bonds is 7. The fourth-order valence-corrected chi connectivity index (χ4v) is 1.17. The fourth-order valence-electron chi connectivity index (χ4n) is 1.17. The lowest BCUT2D eigenvalue weighted by Crippen LogP contribution is -2.41. The quantitative estimate of drug-likeness (QED) is 0.596. The van der Waals surface area contributed by atoms with Gasteiger partial charge in [-0.2, -0.15) is 0 Å². The van der Waals surface area contributed by atoms with Gasteiger partial charge < -0.3 is 20.5 Å². The van der Waals surface area contributed by atoms with E-state index >= 15 is 0 Å². The molecule has 1 rings (SSSR count). The van der Waals surface area contributed by atoms with Crippen LogP contribution in [0.15, 0.2) is 0 Å². The first-order valence-corrected chi connectivity index (χ1v) is 5.88. The van der Waals surface area contributed by atoms with E-state index in [4.69, 9.17) is 4.74 Å². The van der Waals surface area contributed by atoms with Gasteiger partial charge in [0, 0.05) is 19.2 Å². The maximum Gasteiger partial charge on any atom is 0.315 e. The van der Waals surface area contributed by atoms with Crippen LogP contribution in [0.25, 0.3) is 0 Å². The summed E-state index contributed by atoms with van der Waals surface area (Å²) in [5, 5.41) is 14.9. The van der Waals surface area contributed by atoms with Gasteiger partial charge in [-0.1, -0.05) is 13.8 Å². The van der Waals surface area contributed by atoms with Gasteiger partial charge in [-0.3, -0.25) is 0 Å². The molecule has 0 aliphatic heterocycles. The molecule has 0 aromatic rings. The van der Waals surface area contributed by atoms with Crippen molar-refractivity contribution in [3.63, 3.8) is 0 Å². The largest absolute Gasteiger partial charge is 0.389 e. The molecule has 0 radical (unpaired) electrons. The Bertz CT molecular complexity index is 217. The predicted octanol–water partition coefficient (Wildman–Crippen LogP) is 0.481. The van der Waals surface area contributed by atoms with Crippen LogP contribution in [0.1, 0.15) is 26.7 Å². The monoisotopic (exact) mass is 230 g/mol. The molecule has 0 aromatic carbocycles. The zero-order valence-electron chi connectivity index (χ0n) is 10.0. The van der Waals surface area contributed by atoms with Gasteiger partial charge in [-0.15, -0.1) is 0 Å². The van der Waals surface area contributed by atoms with Crippen molar-refractivity contribution >= 4 is 6.03 Å². The molecule has 1 fully saturated rings. The summed E-state index contributed by atoms with van der Waals surface area (Å²) in [5.41, 5.74) is 0. The van der Waals surface area contributed by atoms with Crippen molar-refractivity contribution in [2.75, 3.05) is 19.8 Å². The first-order chi connectivity index (χ1) is 7.58. The Morgan fingerprint density at radius 3 is 2.69 bits per heavy atom. The molecule has 16 heavy (non-hydrogen) atoms. The van der Waals surface area contributed by atoms with Gasteiger partial charge in [-0.05, 0) is 18.8 Å². The van der Waals surface area contributed by atoms with Crippen molar-refractivity contribution in [1.82, 2.24) is 10.6 Å². The van der Waals surface area contributed by atoms with Gasteiger partial charge >= 0.3 is 6.03 Å². The standard InChI is InChI=1S/C11H22N2O3/c1-8(2)6-16-7-10(14)5-12-11(15)13-9-3-4-9/h8-10,14H,3-7H2,1-2H3,(H2,12,13,15). The molecule has 0 aromatic heterocycles. The van der Waals surface area contributed by atoms with Crippen molar-refractivity contribution < 1.29 is 14.6 Å². The molecular formula is C11H22N2O3. The van der Waals surface area contributed by atoms with Crippen LogP contribution in [-0.4, -0.2) is 43.0 Å². The van der Waals surface area contributed by atoms with Crippen LogP contribution in [-0.2, 0) is 4.74 Å². The number of amides is 2. The number of carbonyl (C=O) groups is 1. The van der Waals surface area contributed by atoms with Crippen LogP contribution < -0.4 is 10.6 Å². The summed E-state index contributed by atoms with van der Waals surface area (Å²) in [4.78, 5) is 11.2. The molecule has 5 nitrogen and oxygen atoms in total. The molecule has 94 valence electrons. The van der Waals surface area contributed by atoms with E-state index in [1.807, 2.05) is 13.8 Å². The average molecular weight is 230 g/mol. The molecule has 1 unspecified atom stereocenters. The Balaban J connectivity index is 1.95. The normalized spacial score (nSPS) is 17.2. The van der Waals surface area contributed by atoms with Crippen molar-refractivity contribution in [2.24, 2.45) is 5.92 Å². The Kier molecular flexibility index (Phi) is 5.55. The molecular weight excluding hydrogens is 208 g/mol.